The van der Waals surface area contributed by atoms with Crippen LogP contribution in [0.3, 0.4) is 0 Å². The number of methoxy groups -OCH3 is 1. The predicted octanol–water partition coefficient (Wildman–Crippen LogP) is 4.46. The number of hydrogen-bond acceptors (Lipinski definition) is 6. The van der Waals surface area contributed by atoms with E-state index < -0.39 is 16.0 Å². The molecule has 1 aliphatic carbocycles. The first-order chi connectivity index (χ1) is 16.2. The van der Waals surface area contributed by atoms with E-state index in [9.17, 15) is 18.0 Å². The average molecular weight is 475 g/mol. The number of benzene rings is 3. The van der Waals surface area contributed by atoms with E-state index >= 15 is 0 Å². The number of nitrogens with zero attached hydrogens (tertiary/aromatic N) is 1. The van der Waals surface area contributed by atoms with Gasteiger partial charge in [-0.1, -0.05) is 54.1 Å². The van der Waals surface area contributed by atoms with Crippen LogP contribution in [0.5, 0.6) is 0 Å². The largest absolute Gasteiger partial charge is 0.465 e. The summed E-state index contributed by atoms with van der Waals surface area (Å²) in [5.41, 5.74) is 3.03. The molecule has 3 aromatic rings. The normalized spacial score (nSPS) is 14.4. The van der Waals surface area contributed by atoms with Crippen LogP contribution >= 0.6 is 0 Å². The molecule has 0 spiro atoms. The van der Waals surface area contributed by atoms with Crippen LogP contribution in [0, 0.1) is 13.8 Å². The number of rotatable bonds is 5. The van der Waals surface area contributed by atoms with Crippen molar-refractivity contribution < 1.29 is 22.7 Å². The molecule has 1 N–H and O–H groups in total. The van der Waals surface area contributed by atoms with Gasteiger partial charge in [0.25, 0.3) is 10.0 Å². The van der Waals surface area contributed by atoms with Gasteiger partial charge < -0.3 is 10.1 Å². The zero-order valence-electron chi connectivity index (χ0n) is 18.8. The number of ketones is 1. The molecule has 0 heterocycles. The van der Waals surface area contributed by atoms with Crippen LogP contribution in [0.1, 0.15) is 37.4 Å². The van der Waals surface area contributed by atoms with Gasteiger partial charge in [-0.05, 0) is 43.7 Å². The summed E-state index contributed by atoms with van der Waals surface area (Å²) in [6.07, 6.45) is 1.39. The van der Waals surface area contributed by atoms with Gasteiger partial charge in [0.05, 0.1) is 34.7 Å². The van der Waals surface area contributed by atoms with Gasteiger partial charge in [0.15, 0.2) is 0 Å². The molecule has 34 heavy (non-hydrogen) atoms. The maximum atomic E-state index is 13.2. The minimum Gasteiger partial charge on any atom is -0.465 e. The molecule has 4 rings (SSSR count). The second kappa shape index (κ2) is 9.07. The van der Waals surface area contributed by atoms with Crippen LogP contribution in [-0.4, -0.2) is 33.0 Å². The number of nitrogens with one attached hydrogen (secondary N) is 1. The van der Waals surface area contributed by atoms with Crippen molar-refractivity contribution in [2.75, 3.05) is 12.4 Å². The van der Waals surface area contributed by atoms with Crippen LogP contribution in [0.4, 0.5) is 5.69 Å². The van der Waals surface area contributed by atoms with Crippen molar-refractivity contribution in [2.45, 2.75) is 18.7 Å². The zero-order chi connectivity index (χ0) is 24.5. The van der Waals surface area contributed by atoms with Crippen LogP contribution in [0.15, 0.2) is 87.8 Å². The number of allylic oxidation sites excluding steroid dienone is 2. The minimum atomic E-state index is -4.06. The fourth-order valence-corrected chi connectivity index (χ4v) is 5.00. The first-order valence-corrected chi connectivity index (χ1v) is 11.9. The van der Waals surface area contributed by atoms with Crippen molar-refractivity contribution in [2.24, 2.45) is 4.40 Å². The number of anilines is 1. The molecule has 0 saturated carbocycles. The van der Waals surface area contributed by atoms with Gasteiger partial charge in [0.2, 0.25) is 5.78 Å². The van der Waals surface area contributed by atoms with Gasteiger partial charge in [-0.2, -0.15) is 12.8 Å². The summed E-state index contributed by atoms with van der Waals surface area (Å²) in [5.74, 6) is -0.920. The SMILES string of the molecule is COC(=O)c1ccccc1NC1=CC(=NS(=O)(=O)c2ccc(C)cc2C)c2ccccc2C1=O. The molecule has 7 nitrogen and oxygen atoms in total. The summed E-state index contributed by atoms with van der Waals surface area (Å²) in [4.78, 5) is 25.4. The molecule has 3 aromatic carbocycles. The molecule has 0 atom stereocenters. The molecular weight excluding hydrogens is 452 g/mol. The highest BCUT2D eigenvalue weighted by Gasteiger charge is 2.27. The summed E-state index contributed by atoms with van der Waals surface area (Å²) in [5, 5.41) is 2.96. The highest BCUT2D eigenvalue weighted by atomic mass is 32.2. The smallest absolute Gasteiger partial charge is 0.339 e. The fraction of sp³-hybridized carbons (Fsp3) is 0.115. The van der Waals surface area contributed by atoms with Gasteiger partial charge in [0, 0.05) is 11.1 Å². The number of Topliss-reactive ketones (excluding diaryl/α,β-unsaturated/α-hetero) is 1. The van der Waals surface area contributed by atoms with E-state index in [4.69, 9.17) is 4.74 Å². The molecule has 1 aliphatic rings. The number of fused-ring (bicyclic) bond motifs is 1. The second-order valence-electron chi connectivity index (χ2n) is 7.82. The van der Waals surface area contributed by atoms with Gasteiger partial charge in [-0.15, -0.1) is 0 Å². The third-order valence-electron chi connectivity index (χ3n) is 5.40. The van der Waals surface area contributed by atoms with Gasteiger partial charge in [0.1, 0.15) is 0 Å². The molecule has 0 aliphatic heterocycles. The maximum absolute atomic E-state index is 13.2. The summed E-state index contributed by atoms with van der Waals surface area (Å²) >= 11 is 0. The van der Waals surface area contributed by atoms with E-state index in [-0.39, 0.29) is 27.7 Å². The van der Waals surface area contributed by atoms with Crippen molar-refractivity contribution in [1.29, 1.82) is 0 Å². The molecule has 8 heteroatoms. The lowest BCUT2D eigenvalue weighted by atomic mass is 9.92. The Hall–Kier alpha value is -4.04. The van der Waals surface area contributed by atoms with E-state index in [0.717, 1.165) is 5.56 Å². The van der Waals surface area contributed by atoms with Crippen LogP contribution < -0.4 is 5.32 Å². The lowest BCUT2D eigenvalue weighted by Crippen LogP contribution is -2.23. The molecular formula is C26H22N2O5S. The van der Waals surface area contributed by atoms with Gasteiger partial charge >= 0.3 is 5.97 Å². The Morgan fingerprint density at radius 3 is 2.32 bits per heavy atom. The standard InChI is InChI=1S/C26H22N2O5S/c1-16-12-13-24(17(2)14-16)34(31,32)28-22-15-23(25(29)19-9-5-4-8-18(19)22)27-21-11-7-6-10-20(21)26(30)33-3/h4-15,27H,1-3H3. The van der Waals surface area contributed by atoms with Gasteiger partial charge in [-0.25, -0.2) is 4.79 Å². The first kappa shape index (κ1) is 23.1. The third kappa shape index (κ3) is 4.40. The predicted molar refractivity (Wildman–Crippen MR) is 130 cm³/mol. The number of aryl methyl sites for hydroxylation is 2. The number of ether oxygens (including phenoxy) is 1. The number of sulfonamides is 1. The monoisotopic (exact) mass is 474 g/mol. The third-order valence-corrected chi connectivity index (χ3v) is 6.85. The van der Waals surface area contributed by atoms with Crippen LogP contribution in [0.2, 0.25) is 0 Å². The van der Waals surface area contributed by atoms with E-state index in [1.165, 1.54) is 19.3 Å². The Bertz CT molecular complexity index is 1490. The van der Waals surface area contributed by atoms with Crippen molar-refractivity contribution in [3.63, 3.8) is 0 Å². The molecule has 0 bridgehead atoms. The minimum absolute atomic E-state index is 0.0876. The Morgan fingerprint density at radius 2 is 1.62 bits per heavy atom. The first-order valence-electron chi connectivity index (χ1n) is 10.4. The van der Waals surface area contributed by atoms with Crippen molar-refractivity contribution in [3.8, 4) is 0 Å². The summed E-state index contributed by atoms with van der Waals surface area (Å²) in [6.45, 7) is 3.59. The zero-order valence-corrected chi connectivity index (χ0v) is 19.6. The Morgan fingerprint density at radius 1 is 0.941 bits per heavy atom. The number of para-hydroxylation sites is 1. The molecule has 0 fully saturated rings. The fourth-order valence-electron chi connectivity index (χ4n) is 3.79. The van der Waals surface area contributed by atoms with E-state index in [0.29, 0.717) is 22.4 Å². The average Bonchev–Trinajstić information content (AvgIpc) is 2.81. The summed E-state index contributed by atoms with van der Waals surface area (Å²) in [6, 6.07) is 18.3. The number of carbonyl (C=O) groups is 2. The lowest BCUT2D eigenvalue weighted by Gasteiger charge is -2.19. The highest BCUT2D eigenvalue weighted by molar-refractivity contribution is 7.90. The van der Waals surface area contributed by atoms with E-state index in [1.54, 1.807) is 67.6 Å². The lowest BCUT2D eigenvalue weighted by molar-refractivity contribution is 0.0601. The maximum Gasteiger partial charge on any atom is 0.339 e. The van der Waals surface area contributed by atoms with Crippen LogP contribution in [-0.2, 0) is 14.8 Å². The molecule has 172 valence electrons. The van der Waals surface area contributed by atoms with Crippen molar-refractivity contribution in [1.82, 2.24) is 0 Å². The number of esters is 1. The molecule has 0 aromatic heterocycles. The van der Waals surface area contributed by atoms with Gasteiger partial charge in [-0.3, -0.25) is 4.79 Å². The van der Waals surface area contributed by atoms with Crippen molar-refractivity contribution >= 4 is 33.2 Å². The number of hydrogen-bond donors (Lipinski definition) is 1. The number of carbonyl (C=O) groups excluding carboxylic acids is 2. The topological polar surface area (TPSA) is 102 Å². The van der Waals surface area contributed by atoms with Crippen LogP contribution in [0.25, 0.3) is 0 Å². The molecule has 0 saturated heterocycles. The Balaban J connectivity index is 1.84. The highest BCUT2D eigenvalue weighted by Crippen LogP contribution is 2.27. The molecule has 0 unspecified atom stereocenters. The summed E-state index contributed by atoms with van der Waals surface area (Å²) in [7, 11) is -2.79. The molecule has 0 radical (unpaired) electrons. The van der Waals surface area contributed by atoms with E-state index in [2.05, 4.69) is 9.71 Å². The van der Waals surface area contributed by atoms with Crippen molar-refractivity contribution in [3.05, 3.63) is 106 Å². The van der Waals surface area contributed by atoms with E-state index in [1.807, 2.05) is 6.92 Å². The molecule has 0 amide bonds. The second-order valence-corrected chi connectivity index (χ2v) is 9.39. The quantitative estimate of drug-likeness (QED) is 0.548. The Labute approximate surface area is 197 Å². The summed E-state index contributed by atoms with van der Waals surface area (Å²) < 4.78 is 35.3. The Kier molecular flexibility index (Phi) is 6.17.